The Labute approximate surface area is 189 Å². The predicted octanol–water partition coefficient (Wildman–Crippen LogP) is 6.38. The molecule has 158 valence electrons. The van der Waals surface area contributed by atoms with Crippen LogP contribution in [0.5, 0.6) is 0 Å². The Balaban J connectivity index is 1.59. The molecule has 5 rings (SSSR count). The van der Waals surface area contributed by atoms with Crippen molar-refractivity contribution in [3.63, 3.8) is 0 Å². The van der Waals surface area contributed by atoms with Crippen molar-refractivity contribution in [3.05, 3.63) is 106 Å². The van der Waals surface area contributed by atoms with Crippen molar-refractivity contribution >= 4 is 45.6 Å². The minimum Gasteiger partial charge on any atom is -0.340 e. The molecule has 2 amide bonds. The van der Waals surface area contributed by atoms with Crippen molar-refractivity contribution in [1.82, 2.24) is 4.57 Å². The van der Waals surface area contributed by atoms with E-state index in [1.807, 2.05) is 47.9 Å². The molecule has 1 fully saturated rings. The molecule has 0 saturated carbocycles. The van der Waals surface area contributed by atoms with Crippen molar-refractivity contribution in [2.45, 2.75) is 13.5 Å². The highest BCUT2D eigenvalue weighted by Gasteiger charge is 2.36. The van der Waals surface area contributed by atoms with Gasteiger partial charge in [0.1, 0.15) is 5.82 Å². The molecule has 1 aliphatic rings. The summed E-state index contributed by atoms with van der Waals surface area (Å²) in [6, 6.07) is 23.5. The third-order valence-electron chi connectivity index (χ3n) is 5.65. The number of aromatic nitrogens is 1. The van der Waals surface area contributed by atoms with Crippen LogP contribution in [0.15, 0.2) is 83.8 Å². The lowest BCUT2D eigenvalue weighted by Crippen LogP contribution is -2.27. The fourth-order valence-corrected chi connectivity index (χ4v) is 4.86. The number of halogens is 1. The number of fused-ring (bicyclic) bond motifs is 1. The number of hydrogen-bond donors (Lipinski definition) is 0. The molecule has 0 aliphatic carbocycles. The van der Waals surface area contributed by atoms with Gasteiger partial charge in [-0.25, -0.2) is 9.29 Å². The van der Waals surface area contributed by atoms with E-state index in [9.17, 15) is 14.0 Å². The number of hydrogen-bond acceptors (Lipinski definition) is 3. The second-order valence-electron chi connectivity index (χ2n) is 7.55. The summed E-state index contributed by atoms with van der Waals surface area (Å²) in [6.07, 6.45) is 1.78. The first-order valence-electron chi connectivity index (χ1n) is 10.2. The van der Waals surface area contributed by atoms with E-state index in [4.69, 9.17) is 0 Å². The minimum absolute atomic E-state index is 0.254. The molecule has 6 heteroatoms. The van der Waals surface area contributed by atoms with E-state index < -0.39 is 0 Å². The van der Waals surface area contributed by atoms with E-state index in [0.717, 1.165) is 33.9 Å². The molecule has 0 unspecified atom stereocenters. The standard InChI is InChI=1S/C26H19FN2O2S/c1-17-21(15-24-25(30)29(26(31)32-24)19-10-3-2-4-11-19)20-12-6-8-14-23(20)28(17)16-18-9-5-7-13-22(18)27/h2-15H,16H2,1H3/b24-15-. The number of imide groups is 1. The monoisotopic (exact) mass is 442 g/mol. The van der Waals surface area contributed by atoms with Gasteiger partial charge in [-0.3, -0.25) is 9.59 Å². The number of thioether (sulfide) groups is 1. The molecule has 1 saturated heterocycles. The molecule has 3 aromatic carbocycles. The topological polar surface area (TPSA) is 42.3 Å². The van der Waals surface area contributed by atoms with Crippen LogP contribution in [0.2, 0.25) is 0 Å². The second-order valence-corrected chi connectivity index (χ2v) is 8.54. The van der Waals surface area contributed by atoms with Gasteiger partial charge in [0.2, 0.25) is 0 Å². The molecule has 0 radical (unpaired) electrons. The zero-order valence-electron chi connectivity index (χ0n) is 17.3. The highest BCUT2D eigenvalue weighted by atomic mass is 32.2. The van der Waals surface area contributed by atoms with Gasteiger partial charge in [-0.05, 0) is 49.0 Å². The van der Waals surface area contributed by atoms with Gasteiger partial charge in [-0.1, -0.05) is 54.6 Å². The third-order valence-corrected chi connectivity index (χ3v) is 6.52. The Morgan fingerprint density at radius 3 is 2.38 bits per heavy atom. The summed E-state index contributed by atoms with van der Waals surface area (Å²) < 4.78 is 16.4. The fraction of sp³-hybridized carbons (Fsp3) is 0.0769. The highest BCUT2D eigenvalue weighted by molar-refractivity contribution is 8.19. The maximum atomic E-state index is 14.3. The summed E-state index contributed by atoms with van der Waals surface area (Å²) in [4.78, 5) is 27.2. The molecular formula is C26H19FN2O2S. The Morgan fingerprint density at radius 1 is 0.906 bits per heavy atom. The van der Waals surface area contributed by atoms with E-state index in [1.54, 1.807) is 42.5 Å². The van der Waals surface area contributed by atoms with E-state index in [1.165, 1.54) is 11.0 Å². The molecule has 32 heavy (non-hydrogen) atoms. The number of carbonyl (C=O) groups excluding carboxylic acids is 2. The van der Waals surface area contributed by atoms with Gasteiger partial charge in [-0.2, -0.15) is 0 Å². The summed E-state index contributed by atoms with van der Waals surface area (Å²) in [5, 5.41) is 0.632. The van der Waals surface area contributed by atoms with Crippen LogP contribution in [0.4, 0.5) is 14.9 Å². The quantitative estimate of drug-likeness (QED) is 0.345. The summed E-state index contributed by atoms with van der Waals surface area (Å²) in [5.41, 5.74) is 3.85. The Hall–Kier alpha value is -3.64. The SMILES string of the molecule is Cc1c(/C=C2\SC(=O)N(c3ccccc3)C2=O)c2ccccc2n1Cc1ccccc1F. The van der Waals surface area contributed by atoms with Crippen LogP contribution in [-0.2, 0) is 11.3 Å². The van der Waals surface area contributed by atoms with Crippen LogP contribution < -0.4 is 4.90 Å². The van der Waals surface area contributed by atoms with Crippen LogP contribution in [-0.4, -0.2) is 15.7 Å². The number of para-hydroxylation sites is 2. The summed E-state index contributed by atoms with van der Waals surface area (Å²) in [5.74, 6) is -0.591. The largest absolute Gasteiger partial charge is 0.340 e. The Kier molecular flexibility index (Phi) is 5.15. The molecule has 0 bridgehead atoms. The first kappa shape index (κ1) is 20.3. The number of rotatable bonds is 4. The average Bonchev–Trinajstić information content (AvgIpc) is 3.23. The van der Waals surface area contributed by atoms with Crippen LogP contribution in [0.3, 0.4) is 0 Å². The molecule has 4 nitrogen and oxygen atoms in total. The number of benzene rings is 3. The van der Waals surface area contributed by atoms with Gasteiger partial charge in [0.15, 0.2) is 0 Å². The van der Waals surface area contributed by atoms with E-state index in [-0.39, 0.29) is 17.0 Å². The van der Waals surface area contributed by atoms with Crippen molar-refractivity contribution in [2.24, 2.45) is 0 Å². The number of amides is 2. The lowest BCUT2D eigenvalue weighted by atomic mass is 10.1. The normalized spacial score (nSPS) is 15.3. The Morgan fingerprint density at radius 2 is 1.59 bits per heavy atom. The molecule has 1 aromatic heterocycles. The van der Waals surface area contributed by atoms with Gasteiger partial charge in [0.05, 0.1) is 17.1 Å². The van der Waals surface area contributed by atoms with Crippen LogP contribution in [0.1, 0.15) is 16.8 Å². The van der Waals surface area contributed by atoms with E-state index in [0.29, 0.717) is 22.7 Å². The number of nitrogens with zero attached hydrogens (tertiary/aromatic N) is 2. The van der Waals surface area contributed by atoms with Gasteiger partial charge in [0, 0.05) is 27.7 Å². The van der Waals surface area contributed by atoms with Crippen LogP contribution >= 0.6 is 11.8 Å². The third kappa shape index (κ3) is 3.42. The highest BCUT2D eigenvalue weighted by Crippen LogP contribution is 2.38. The van der Waals surface area contributed by atoms with Gasteiger partial charge < -0.3 is 4.57 Å². The Bertz CT molecular complexity index is 1390. The molecule has 1 aliphatic heterocycles. The zero-order chi connectivity index (χ0) is 22.2. The lowest BCUT2D eigenvalue weighted by Gasteiger charge is -2.11. The molecule has 0 atom stereocenters. The maximum Gasteiger partial charge on any atom is 0.298 e. The second kappa shape index (κ2) is 8.13. The fourth-order valence-electron chi connectivity index (χ4n) is 4.04. The summed E-state index contributed by atoms with van der Waals surface area (Å²) in [6.45, 7) is 2.33. The average molecular weight is 443 g/mol. The van der Waals surface area contributed by atoms with Crippen molar-refractivity contribution in [2.75, 3.05) is 4.90 Å². The summed E-state index contributed by atoms with van der Waals surface area (Å²) in [7, 11) is 0. The van der Waals surface area contributed by atoms with Crippen molar-refractivity contribution < 1.29 is 14.0 Å². The lowest BCUT2D eigenvalue weighted by molar-refractivity contribution is -0.113. The van der Waals surface area contributed by atoms with E-state index >= 15 is 0 Å². The van der Waals surface area contributed by atoms with Crippen LogP contribution in [0, 0.1) is 12.7 Å². The van der Waals surface area contributed by atoms with Crippen LogP contribution in [0.25, 0.3) is 17.0 Å². The molecule has 0 N–H and O–H groups in total. The van der Waals surface area contributed by atoms with Gasteiger partial charge >= 0.3 is 0 Å². The summed E-state index contributed by atoms with van der Waals surface area (Å²) >= 11 is 0.934. The van der Waals surface area contributed by atoms with Crippen molar-refractivity contribution in [1.29, 1.82) is 0 Å². The number of anilines is 1. The van der Waals surface area contributed by atoms with Gasteiger partial charge in [-0.15, -0.1) is 0 Å². The molecule has 0 spiro atoms. The zero-order valence-corrected chi connectivity index (χ0v) is 18.1. The minimum atomic E-state index is -0.337. The molecular weight excluding hydrogens is 423 g/mol. The number of carbonyl (C=O) groups is 2. The maximum absolute atomic E-state index is 14.3. The van der Waals surface area contributed by atoms with Crippen molar-refractivity contribution in [3.8, 4) is 0 Å². The van der Waals surface area contributed by atoms with E-state index in [2.05, 4.69) is 0 Å². The predicted molar refractivity (Wildman–Crippen MR) is 127 cm³/mol. The molecule has 4 aromatic rings. The first-order chi connectivity index (χ1) is 15.5. The first-order valence-corrected chi connectivity index (χ1v) is 11.0. The van der Waals surface area contributed by atoms with Gasteiger partial charge in [0.25, 0.3) is 11.1 Å². The smallest absolute Gasteiger partial charge is 0.298 e. The molecule has 2 heterocycles.